The molecular formula is C15H20F3N3O2. The van der Waals surface area contributed by atoms with Crippen LogP contribution in [0.15, 0.2) is 18.2 Å². The van der Waals surface area contributed by atoms with Gasteiger partial charge in [0.25, 0.3) is 0 Å². The zero-order valence-electron chi connectivity index (χ0n) is 12.9. The van der Waals surface area contributed by atoms with Crippen LogP contribution in [0.25, 0.3) is 0 Å². The molecule has 1 aromatic carbocycles. The molecule has 2 N–H and O–H groups in total. The molecule has 0 atom stereocenters. The number of rotatable bonds is 4. The molecule has 5 nitrogen and oxygen atoms in total. The first-order chi connectivity index (χ1) is 10.9. The number of ether oxygens (including phenoxy) is 1. The molecule has 0 saturated carbocycles. The average Bonchev–Trinajstić information content (AvgIpc) is 2.53. The molecule has 0 aliphatic carbocycles. The molecule has 128 valence electrons. The molecule has 1 fully saturated rings. The third kappa shape index (κ3) is 4.75. The number of morpholine rings is 1. The average molecular weight is 331 g/mol. The van der Waals surface area contributed by atoms with Crippen LogP contribution in [0.3, 0.4) is 0 Å². The lowest BCUT2D eigenvalue weighted by Crippen LogP contribution is -2.37. The number of carbonyl (C=O) groups is 1. The highest BCUT2D eigenvalue weighted by Gasteiger charge is 2.31. The molecule has 1 heterocycles. The van der Waals surface area contributed by atoms with Crippen molar-refractivity contribution in [2.24, 2.45) is 0 Å². The van der Waals surface area contributed by atoms with Crippen LogP contribution in [-0.4, -0.2) is 38.9 Å². The van der Waals surface area contributed by atoms with Gasteiger partial charge in [0.05, 0.1) is 30.2 Å². The maximum Gasteiger partial charge on any atom is 0.416 e. The first kappa shape index (κ1) is 17.4. The summed E-state index contributed by atoms with van der Waals surface area (Å²) in [7, 11) is 0. The number of benzene rings is 1. The quantitative estimate of drug-likeness (QED) is 0.891. The standard InChI is InChI=1S/C15H20F3N3O2/c1-2-5-19-14(22)20-12-10-11(15(16,17)18)3-4-13(12)21-6-8-23-9-7-21/h3-4,10H,2,5-9H2,1H3,(H2,19,20,22). The van der Waals surface area contributed by atoms with E-state index in [-0.39, 0.29) is 5.69 Å². The van der Waals surface area contributed by atoms with Crippen LogP contribution in [0.4, 0.5) is 29.3 Å². The van der Waals surface area contributed by atoms with Crippen LogP contribution in [0.5, 0.6) is 0 Å². The number of amides is 2. The van der Waals surface area contributed by atoms with Crippen molar-refractivity contribution in [2.75, 3.05) is 43.1 Å². The third-order valence-corrected chi connectivity index (χ3v) is 3.46. The summed E-state index contributed by atoms with van der Waals surface area (Å²) in [5, 5.41) is 5.12. The van der Waals surface area contributed by atoms with Crippen LogP contribution >= 0.6 is 0 Å². The highest BCUT2D eigenvalue weighted by Crippen LogP contribution is 2.35. The monoisotopic (exact) mass is 331 g/mol. The van der Waals surface area contributed by atoms with Crippen molar-refractivity contribution in [1.29, 1.82) is 0 Å². The second kappa shape index (κ2) is 7.54. The van der Waals surface area contributed by atoms with Gasteiger partial charge >= 0.3 is 12.2 Å². The molecule has 0 radical (unpaired) electrons. The predicted octanol–water partition coefficient (Wildman–Crippen LogP) is 3.07. The van der Waals surface area contributed by atoms with Crippen molar-refractivity contribution in [3.63, 3.8) is 0 Å². The van der Waals surface area contributed by atoms with E-state index in [1.54, 1.807) is 0 Å². The Morgan fingerprint density at radius 2 is 2.00 bits per heavy atom. The van der Waals surface area contributed by atoms with Crippen molar-refractivity contribution in [3.05, 3.63) is 23.8 Å². The fourth-order valence-corrected chi connectivity index (χ4v) is 2.30. The lowest BCUT2D eigenvalue weighted by Gasteiger charge is -2.31. The van der Waals surface area contributed by atoms with E-state index in [0.717, 1.165) is 18.6 Å². The van der Waals surface area contributed by atoms with Crippen molar-refractivity contribution < 1.29 is 22.7 Å². The van der Waals surface area contributed by atoms with E-state index < -0.39 is 17.8 Å². The van der Waals surface area contributed by atoms with Gasteiger partial charge in [0, 0.05) is 19.6 Å². The van der Waals surface area contributed by atoms with Crippen LogP contribution in [0.2, 0.25) is 0 Å². The summed E-state index contributed by atoms with van der Waals surface area (Å²) in [5.74, 6) is 0. The van der Waals surface area contributed by atoms with Crippen LogP contribution in [0.1, 0.15) is 18.9 Å². The SMILES string of the molecule is CCCNC(=O)Nc1cc(C(F)(F)F)ccc1N1CCOCC1. The van der Waals surface area contributed by atoms with Crippen molar-refractivity contribution in [1.82, 2.24) is 5.32 Å². The third-order valence-electron chi connectivity index (χ3n) is 3.46. The highest BCUT2D eigenvalue weighted by atomic mass is 19.4. The van der Waals surface area contributed by atoms with E-state index in [4.69, 9.17) is 4.74 Å². The Hall–Kier alpha value is -1.96. The Kier molecular flexibility index (Phi) is 5.70. The van der Waals surface area contributed by atoms with E-state index in [1.165, 1.54) is 6.07 Å². The molecule has 0 spiro atoms. The molecule has 1 aromatic rings. The summed E-state index contributed by atoms with van der Waals surface area (Å²) in [4.78, 5) is 13.7. The van der Waals surface area contributed by atoms with Crippen LogP contribution < -0.4 is 15.5 Å². The van der Waals surface area contributed by atoms with Crippen LogP contribution in [-0.2, 0) is 10.9 Å². The Balaban J connectivity index is 2.27. The summed E-state index contributed by atoms with van der Waals surface area (Å²) in [6, 6.07) is 2.88. The van der Waals surface area contributed by atoms with Crippen molar-refractivity contribution in [2.45, 2.75) is 19.5 Å². The minimum absolute atomic E-state index is 0.148. The summed E-state index contributed by atoms with van der Waals surface area (Å²) in [5.41, 5.74) is -0.0800. The number of nitrogens with zero attached hydrogens (tertiary/aromatic N) is 1. The van der Waals surface area contributed by atoms with Gasteiger partial charge in [0.1, 0.15) is 0 Å². The second-order valence-corrected chi connectivity index (χ2v) is 5.21. The van der Waals surface area contributed by atoms with Gasteiger partial charge < -0.3 is 20.3 Å². The highest BCUT2D eigenvalue weighted by molar-refractivity contribution is 5.93. The second-order valence-electron chi connectivity index (χ2n) is 5.21. The number of urea groups is 1. The van der Waals surface area contributed by atoms with Crippen molar-refractivity contribution >= 4 is 17.4 Å². The van der Waals surface area contributed by atoms with E-state index in [2.05, 4.69) is 10.6 Å². The number of nitrogens with one attached hydrogen (secondary N) is 2. The normalized spacial score (nSPS) is 15.4. The number of halogens is 3. The smallest absolute Gasteiger partial charge is 0.378 e. The molecule has 0 aromatic heterocycles. The van der Waals surface area contributed by atoms with E-state index in [9.17, 15) is 18.0 Å². The van der Waals surface area contributed by atoms with E-state index >= 15 is 0 Å². The lowest BCUT2D eigenvalue weighted by atomic mass is 10.1. The summed E-state index contributed by atoms with van der Waals surface area (Å²) in [6.45, 7) is 4.49. The number of hydrogen-bond donors (Lipinski definition) is 2. The molecule has 2 rings (SSSR count). The van der Waals surface area contributed by atoms with Crippen LogP contribution in [0, 0.1) is 0 Å². The van der Waals surface area contributed by atoms with E-state index in [0.29, 0.717) is 38.5 Å². The minimum atomic E-state index is -4.46. The summed E-state index contributed by atoms with van der Waals surface area (Å²) < 4.78 is 44.0. The molecule has 2 amide bonds. The fourth-order valence-electron chi connectivity index (χ4n) is 2.30. The van der Waals surface area contributed by atoms with Gasteiger partial charge in [0.15, 0.2) is 0 Å². The molecule has 0 unspecified atom stereocenters. The molecule has 1 aliphatic heterocycles. The number of carbonyl (C=O) groups excluding carboxylic acids is 1. The van der Waals surface area contributed by atoms with Gasteiger partial charge in [-0.3, -0.25) is 0 Å². The van der Waals surface area contributed by atoms with E-state index in [1.807, 2.05) is 11.8 Å². The van der Waals surface area contributed by atoms with Gasteiger partial charge in [0.2, 0.25) is 0 Å². The molecule has 8 heteroatoms. The Bertz CT molecular complexity index is 543. The Morgan fingerprint density at radius 1 is 1.30 bits per heavy atom. The molecule has 23 heavy (non-hydrogen) atoms. The molecule has 1 aliphatic rings. The zero-order chi connectivity index (χ0) is 16.9. The predicted molar refractivity (Wildman–Crippen MR) is 81.8 cm³/mol. The number of anilines is 2. The summed E-state index contributed by atoms with van der Waals surface area (Å²) >= 11 is 0. The number of alkyl halides is 3. The lowest BCUT2D eigenvalue weighted by molar-refractivity contribution is -0.137. The molecule has 1 saturated heterocycles. The summed E-state index contributed by atoms with van der Waals surface area (Å²) in [6.07, 6.45) is -3.72. The first-order valence-corrected chi connectivity index (χ1v) is 7.50. The van der Waals surface area contributed by atoms with Gasteiger partial charge in [-0.1, -0.05) is 6.92 Å². The van der Waals surface area contributed by atoms with Gasteiger partial charge in [-0.05, 0) is 24.6 Å². The minimum Gasteiger partial charge on any atom is -0.378 e. The van der Waals surface area contributed by atoms with Gasteiger partial charge in [-0.25, -0.2) is 4.79 Å². The maximum atomic E-state index is 12.9. The van der Waals surface area contributed by atoms with Gasteiger partial charge in [-0.15, -0.1) is 0 Å². The maximum absolute atomic E-state index is 12.9. The Labute approximate surface area is 132 Å². The molecule has 0 bridgehead atoms. The topological polar surface area (TPSA) is 53.6 Å². The largest absolute Gasteiger partial charge is 0.416 e. The first-order valence-electron chi connectivity index (χ1n) is 7.50. The zero-order valence-corrected chi connectivity index (χ0v) is 12.9. The molecular weight excluding hydrogens is 311 g/mol. The number of hydrogen-bond acceptors (Lipinski definition) is 3. The van der Waals surface area contributed by atoms with Crippen molar-refractivity contribution in [3.8, 4) is 0 Å². The Morgan fingerprint density at radius 3 is 2.61 bits per heavy atom. The fraction of sp³-hybridized carbons (Fsp3) is 0.533. The van der Waals surface area contributed by atoms with Gasteiger partial charge in [-0.2, -0.15) is 13.2 Å².